The second kappa shape index (κ2) is 4.64. The van der Waals surface area contributed by atoms with E-state index < -0.39 is 0 Å². The first-order chi connectivity index (χ1) is 6.24. The van der Waals surface area contributed by atoms with E-state index in [0.717, 1.165) is 6.42 Å². The Hall–Kier alpha value is -1.33. The molecule has 0 aliphatic rings. The van der Waals surface area contributed by atoms with Crippen LogP contribution < -0.4 is 0 Å². The van der Waals surface area contributed by atoms with Gasteiger partial charge in [0.2, 0.25) is 0 Å². The molecule has 1 rings (SSSR count). The third-order valence-electron chi connectivity index (χ3n) is 2.04. The number of nitriles is 1. The number of benzene rings is 1. The van der Waals surface area contributed by atoms with E-state index in [1.165, 1.54) is 5.56 Å². The van der Waals surface area contributed by atoms with Crippen LogP contribution in [0.4, 0.5) is 0 Å². The lowest BCUT2D eigenvalue weighted by molar-refractivity contribution is 0.348. The summed E-state index contributed by atoms with van der Waals surface area (Å²) in [5.41, 5.74) is 1.21. The maximum absolute atomic E-state index is 8.87. The van der Waals surface area contributed by atoms with Gasteiger partial charge in [0.25, 0.3) is 0 Å². The maximum Gasteiger partial charge on any atom is 0.101 e. The average molecular weight is 174 g/mol. The molecule has 0 saturated carbocycles. The largest absolute Gasteiger partial charge is 0.294 e. The van der Waals surface area contributed by atoms with Gasteiger partial charge in [0.15, 0.2) is 0 Å². The zero-order valence-electron chi connectivity index (χ0n) is 8.07. The normalized spacial score (nSPS) is 12.5. The predicted molar refractivity (Wildman–Crippen MR) is 53.2 cm³/mol. The maximum atomic E-state index is 8.87. The number of hydrogen-bond donors (Lipinski definition) is 0. The molecule has 0 N–H and O–H groups in total. The van der Waals surface area contributed by atoms with Gasteiger partial charge in [-0.25, -0.2) is 0 Å². The summed E-state index contributed by atoms with van der Waals surface area (Å²) < 4.78 is 0. The van der Waals surface area contributed by atoms with Crippen LogP contribution in [0.2, 0.25) is 0 Å². The van der Waals surface area contributed by atoms with Crippen molar-refractivity contribution in [2.24, 2.45) is 0 Å². The van der Waals surface area contributed by atoms with Crippen molar-refractivity contribution in [3.63, 3.8) is 0 Å². The topological polar surface area (TPSA) is 27.0 Å². The van der Waals surface area contributed by atoms with Gasteiger partial charge in [-0.05, 0) is 19.7 Å². The Kier molecular flexibility index (Phi) is 3.48. The Labute approximate surface area is 79.4 Å². The lowest BCUT2D eigenvalue weighted by atomic mass is 10.1. The minimum Gasteiger partial charge on any atom is -0.294 e. The van der Waals surface area contributed by atoms with E-state index in [0.29, 0.717) is 0 Å². The molecule has 0 bridgehead atoms. The zero-order valence-corrected chi connectivity index (χ0v) is 8.07. The molecule has 0 radical (unpaired) electrons. The van der Waals surface area contributed by atoms with Gasteiger partial charge in [0, 0.05) is 6.42 Å². The van der Waals surface area contributed by atoms with E-state index in [1.54, 1.807) is 0 Å². The summed E-state index contributed by atoms with van der Waals surface area (Å²) in [6.45, 7) is 0. The zero-order chi connectivity index (χ0) is 9.68. The van der Waals surface area contributed by atoms with E-state index >= 15 is 0 Å². The molecule has 1 aromatic carbocycles. The summed E-state index contributed by atoms with van der Waals surface area (Å²) >= 11 is 0. The fraction of sp³-hybridized carbons (Fsp3) is 0.364. The summed E-state index contributed by atoms with van der Waals surface area (Å²) in [7, 11) is 3.85. The van der Waals surface area contributed by atoms with Gasteiger partial charge >= 0.3 is 0 Å². The molecule has 2 heteroatoms. The van der Waals surface area contributed by atoms with Crippen LogP contribution in [0, 0.1) is 11.3 Å². The molecule has 0 aliphatic heterocycles. The van der Waals surface area contributed by atoms with Crippen molar-refractivity contribution < 1.29 is 0 Å². The van der Waals surface area contributed by atoms with Crippen molar-refractivity contribution in [2.75, 3.05) is 14.1 Å². The highest BCUT2D eigenvalue weighted by Crippen LogP contribution is 2.05. The van der Waals surface area contributed by atoms with E-state index in [2.05, 4.69) is 6.07 Å². The smallest absolute Gasteiger partial charge is 0.101 e. The molecule has 0 heterocycles. The SMILES string of the molecule is CN(C)[C@H](C#N)Cc1ccccc1. The van der Waals surface area contributed by atoms with Crippen molar-refractivity contribution >= 4 is 0 Å². The fourth-order valence-electron chi connectivity index (χ4n) is 1.18. The van der Waals surface area contributed by atoms with Gasteiger partial charge < -0.3 is 0 Å². The lowest BCUT2D eigenvalue weighted by Gasteiger charge is -2.16. The summed E-state index contributed by atoms with van der Waals surface area (Å²) in [6.07, 6.45) is 0.796. The number of likely N-dealkylation sites (N-methyl/N-ethyl adjacent to an activating group) is 1. The quantitative estimate of drug-likeness (QED) is 0.697. The van der Waals surface area contributed by atoms with Gasteiger partial charge in [0.05, 0.1) is 6.07 Å². The molecule has 1 aromatic rings. The lowest BCUT2D eigenvalue weighted by Crippen LogP contribution is -2.28. The molecule has 0 amide bonds. The highest BCUT2D eigenvalue weighted by atomic mass is 15.1. The van der Waals surface area contributed by atoms with Crippen LogP contribution in [-0.2, 0) is 6.42 Å². The van der Waals surface area contributed by atoms with Gasteiger partial charge in [-0.2, -0.15) is 5.26 Å². The Morgan fingerprint density at radius 1 is 1.31 bits per heavy atom. The van der Waals surface area contributed by atoms with Gasteiger partial charge in [-0.15, -0.1) is 0 Å². The van der Waals surface area contributed by atoms with Crippen LogP contribution in [0.3, 0.4) is 0 Å². The molecule has 0 spiro atoms. The van der Waals surface area contributed by atoms with E-state index in [-0.39, 0.29) is 6.04 Å². The molecule has 13 heavy (non-hydrogen) atoms. The highest BCUT2D eigenvalue weighted by Gasteiger charge is 2.09. The van der Waals surface area contributed by atoms with E-state index in [9.17, 15) is 0 Å². The first-order valence-corrected chi connectivity index (χ1v) is 4.34. The molecular weight excluding hydrogens is 160 g/mol. The van der Waals surface area contributed by atoms with Crippen molar-refractivity contribution in [1.29, 1.82) is 5.26 Å². The van der Waals surface area contributed by atoms with Gasteiger partial charge in [-0.1, -0.05) is 30.3 Å². The van der Waals surface area contributed by atoms with Gasteiger partial charge in [-0.3, -0.25) is 4.90 Å². The van der Waals surface area contributed by atoms with Crippen LogP contribution in [0.1, 0.15) is 5.56 Å². The molecular formula is C11H14N2. The summed E-state index contributed by atoms with van der Waals surface area (Å²) in [5, 5.41) is 8.87. The first kappa shape index (κ1) is 9.76. The van der Waals surface area contributed by atoms with Gasteiger partial charge in [0.1, 0.15) is 6.04 Å². The van der Waals surface area contributed by atoms with Crippen LogP contribution in [-0.4, -0.2) is 25.0 Å². The van der Waals surface area contributed by atoms with Crippen LogP contribution in [0.25, 0.3) is 0 Å². The predicted octanol–water partition coefficient (Wildman–Crippen LogP) is 1.68. The van der Waals surface area contributed by atoms with E-state index in [1.807, 2.05) is 49.3 Å². The third-order valence-corrected chi connectivity index (χ3v) is 2.04. The molecule has 68 valence electrons. The van der Waals surface area contributed by atoms with Crippen molar-refractivity contribution in [3.05, 3.63) is 35.9 Å². The highest BCUT2D eigenvalue weighted by molar-refractivity contribution is 5.17. The van der Waals surface area contributed by atoms with Crippen LogP contribution >= 0.6 is 0 Å². The molecule has 0 fully saturated rings. The number of hydrogen-bond acceptors (Lipinski definition) is 2. The summed E-state index contributed by atoms with van der Waals surface area (Å²) in [4.78, 5) is 1.94. The first-order valence-electron chi connectivity index (χ1n) is 4.34. The Morgan fingerprint density at radius 2 is 1.92 bits per heavy atom. The molecule has 0 saturated heterocycles. The standard InChI is InChI=1S/C11H14N2/c1-13(2)11(9-12)8-10-6-4-3-5-7-10/h3-7,11H,8H2,1-2H3/t11-/m0/s1. The monoisotopic (exact) mass is 174 g/mol. The van der Waals surface area contributed by atoms with E-state index in [4.69, 9.17) is 5.26 Å². The molecule has 1 atom stereocenters. The Morgan fingerprint density at radius 3 is 2.38 bits per heavy atom. The molecule has 2 nitrogen and oxygen atoms in total. The second-order valence-corrected chi connectivity index (χ2v) is 3.30. The molecule has 0 aliphatic carbocycles. The minimum absolute atomic E-state index is 0.0256. The fourth-order valence-corrected chi connectivity index (χ4v) is 1.18. The van der Waals surface area contributed by atoms with Crippen LogP contribution in [0.15, 0.2) is 30.3 Å². The van der Waals surface area contributed by atoms with Crippen molar-refractivity contribution in [3.8, 4) is 6.07 Å². The van der Waals surface area contributed by atoms with Crippen molar-refractivity contribution in [2.45, 2.75) is 12.5 Å². The Bertz CT molecular complexity index is 285. The Balaban J connectivity index is 2.64. The molecule has 0 unspecified atom stereocenters. The summed E-state index contributed by atoms with van der Waals surface area (Å²) in [6, 6.07) is 12.3. The minimum atomic E-state index is -0.0256. The summed E-state index contributed by atoms with van der Waals surface area (Å²) in [5.74, 6) is 0. The van der Waals surface area contributed by atoms with Crippen LogP contribution in [0.5, 0.6) is 0 Å². The number of nitrogens with zero attached hydrogens (tertiary/aromatic N) is 2. The van der Waals surface area contributed by atoms with Crippen molar-refractivity contribution in [1.82, 2.24) is 4.90 Å². The molecule has 0 aromatic heterocycles. The average Bonchev–Trinajstić information content (AvgIpc) is 2.15. The number of rotatable bonds is 3. The third kappa shape index (κ3) is 2.89. The second-order valence-electron chi connectivity index (χ2n) is 3.30.